The van der Waals surface area contributed by atoms with Crippen LogP contribution in [-0.2, 0) is 13.0 Å². The summed E-state index contributed by atoms with van der Waals surface area (Å²) in [7, 11) is 0. The van der Waals surface area contributed by atoms with E-state index >= 15 is 0 Å². The fraction of sp³-hybridized carbons (Fsp3) is 0.750. The molecule has 0 aliphatic carbocycles. The highest BCUT2D eigenvalue weighted by Gasteiger charge is 2.17. The number of nitrogens with zero attached hydrogens (tertiary/aromatic N) is 3. The number of primary amides is 1. The van der Waals surface area contributed by atoms with Gasteiger partial charge in [-0.1, -0.05) is 32.4 Å². The van der Waals surface area contributed by atoms with Gasteiger partial charge in [-0.05, 0) is 25.2 Å². The third-order valence-electron chi connectivity index (χ3n) is 2.75. The average molecular weight is 238 g/mol. The van der Waals surface area contributed by atoms with E-state index in [9.17, 15) is 4.79 Å². The molecule has 1 rings (SSSR count). The van der Waals surface area contributed by atoms with Crippen LogP contribution in [0.2, 0.25) is 0 Å². The molecule has 5 heteroatoms. The Morgan fingerprint density at radius 2 is 2.18 bits per heavy atom. The normalized spacial score (nSPS) is 11.1. The monoisotopic (exact) mass is 238 g/mol. The maximum atomic E-state index is 11.3. The Bertz CT molecular complexity index is 371. The highest BCUT2D eigenvalue weighted by Crippen LogP contribution is 2.12. The number of hydrogen-bond donors (Lipinski definition) is 1. The van der Waals surface area contributed by atoms with Crippen LogP contribution in [0.3, 0.4) is 0 Å². The first kappa shape index (κ1) is 13.7. The quantitative estimate of drug-likeness (QED) is 0.786. The Morgan fingerprint density at radius 1 is 1.47 bits per heavy atom. The molecule has 0 spiro atoms. The first-order chi connectivity index (χ1) is 8.06. The number of rotatable bonds is 7. The topological polar surface area (TPSA) is 73.8 Å². The second-order valence-electron chi connectivity index (χ2n) is 4.76. The Hall–Kier alpha value is -1.39. The molecule has 0 aliphatic heterocycles. The van der Waals surface area contributed by atoms with E-state index in [0.717, 1.165) is 37.9 Å². The Labute approximate surface area is 102 Å². The van der Waals surface area contributed by atoms with Crippen molar-refractivity contribution in [3.63, 3.8) is 0 Å². The number of aryl methyl sites for hydroxylation is 1. The van der Waals surface area contributed by atoms with Crippen molar-refractivity contribution in [3.8, 4) is 0 Å². The molecule has 2 N–H and O–H groups in total. The van der Waals surface area contributed by atoms with Crippen molar-refractivity contribution < 1.29 is 4.79 Å². The number of nitrogens with two attached hydrogens (primary N) is 1. The van der Waals surface area contributed by atoms with Crippen LogP contribution < -0.4 is 5.73 Å². The largest absolute Gasteiger partial charge is 0.364 e. The van der Waals surface area contributed by atoms with Crippen molar-refractivity contribution in [2.45, 2.75) is 53.0 Å². The van der Waals surface area contributed by atoms with Gasteiger partial charge in [0, 0.05) is 6.54 Å². The van der Waals surface area contributed by atoms with Crippen molar-refractivity contribution >= 4 is 5.91 Å². The van der Waals surface area contributed by atoms with E-state index in [1.807, 2.05) is 4.68 Å². The first-order valence-corrected chi connectivity index (χ1v) is 6.28. The number of carbonyl (C=O) groups is 1. The lowest BCUT2D eigenvalue weighted by atomic mass is 10.1. The Balaban J connectivity index is 2.85. The summed E-state index contributed by atoms with van der Waals surface area (Å²) in [6.07, 6.45) is 3.96. The molecule has 0 aliphatic rings. The number of carbonyl (C=O) groups excluding carboxylic acids is 1. The molecule has 0 radical (unpaired) electrons. The predicted octanol–water partition coefficient (Wildman–Crippen LogP) is 1.77. The minimum Gasteiger partial charge on any atom is -0.364 e. The molecule has 1 amide bonds. The van der Waals surface area contributed by atoms with Gasteiger partial charge in [0.25, 0.3) is 5.91 Å². The maximum Gasteiger partial charge on any atom is 0.271 e. The van der Waals surface area contributed by atoms with Gasteiger partial charge in [0.1, 0.15) is 0 Å². The highest BCUT2D eigenvalue weighted by atomic mass is 16.1. The van der Waals surface area contributed by atoms with E-state index < -0.39 is 5.91 Å². The van der Waals surface area contributed by atoms with Gasteiger partial charge in [-0.3, -0.25) is 4.79 Å². The van der Waals surface area contributed by atoms with Crippen molar-refractivity contribution in [1.82, 2.24) is 15.0 Å². The van der Waals surface area contributed by atoms with Gasteiger partial charge in [-0.2, -0.15) is 0 Å². The summed E-state index contributed by atoms with van der Waals surface area (Å²) in [6.45, 7) is 7.25. The van der Waals surface area contributed by atoms with Crippen LogP contribution in [0.15, 0.2) is 0 Å². The minimum atomic E-state index is -0.480. The molecule has 0 aromatic carbocycles. The molecule has 96 valence electrons. The molecule has 0 bridgehead atoms. The van der Waals surface area contributed by atoms with Gasteiger partial charge in [0.2, 0.25) is 0 Å². The summed E-state index contributed by atoms with van der Waals surface area (Å²) in [6, 6.07) is 0. The summed E-state index contributed by atoms with van der Waals surface area (Å²) in [5.41, 5.74) is 6.53. The van der Waals surface area contributed by atoms with E-state index in [1.54, 1.807) is 0 Å². The molecule has 1 aromatic heterocycles. The van der Waals surface area contributed by atoms with E-state index in [-0.39, 0.29) is 0 Å². The van der Waals surface area contributed by atoms with Crippen LogP contribution in [0.25, 0.3) is 0 Å². The second kappa shape index (κ2) is 6.37. The van der Waals surface area contributed by atoms with Crippen LogP contribution in [0.5, 0.6) is 0 Å². The van der Waals surface area contributed by atoms with E-state index in [0.29, 0.717) is 11.6 Å². The molecule has 0 saturated heterocycles. The van der Waals surface area contributed by atoms with Crippen molar-refractivity contribution in [1.29, 1.82) is 0 Å². The van der Waals surface area contributed by atoms with Crippen molar-refractivity contribution in [3.05, 3.63) is 11.4 Å². The smallest absolute Gasteiger partial charge is 0.271 e. The van der Waals surface area contributed by atoms with Crippen LogP contribution >= 0.6 is 0 Å². The second-order valence-corrected chi connectivity index (χ2v) is 4.76. The zero-order valence-electron chi connectivity index (χ0n) is 10.9. The Kier molecular flexibility index (Phi) is 5.12. The van der Waals surface area contributed by atoms with E-state index in [4.69, 9.17) is 5.73 Å². The zero-order valence-corrected chi connectivity index (χ0v) is 10.9. The van der Waals surface area contributed by atoms with E-state index in [1.165, 1.54) is 0 Å². The molecule has 1 heterocycles. The van der Waals surface area contributed by atoms with Gasteiger partial charge in [0.05, 0.1) is 5.69 Å². The lowest BCUT2D eigenvalue weighted by Crippen LogP contribution is -2.16. The number of amides is 1. The number of aromatic nitrogens is 3. The van der Waals surface area contributed by atoms with Crippen molar-refractivity contribution in [2.24, 2.45) is 11.7 Å². The van der Waals surface area contributed by atoms with Crippen LogP contribution in [0.1, 0.15) is 56.2 Å². The van der Waals surface area contributed by atoms with Crippen LogP contribution in [0, 0.1) is 5.92 Å². The molecule has 0 fully saturated rings. The fourth-order valence-corrected chi connectivity index (χ4v) is 1.68. The SMILES string of the molecule is CCCCn1nnc(C(N)=O)c1CCC(C)C. The maximum absolute atomic E-state index is 11.3. The molecule has 17 heavy (non-hydrogen) atoms. The molecule has 5 nitrogen and oxygen atoms in total. The summed E-state index contributed by atoms with van der Waals surface area (Å²) in [5, 5.41) is 7.90. The average Bonchev–Trinajstić information content (AvgIpc) is 2.66. The van der Waals surface area contributed by atoms with Gasteiger partial charge in [-0.15, -0.1) is 5.10 Å². The van der Waals surface area contributed by atoms with E-state index in [2.05, 4.69) is 31.1 Å². The molecule has 0 atom stereocenters. The molecule has 0 unspecified atom stereocenters. The van der Waals surface area contributed by atoms with Gasteiger partial charge < -0.3 is 5.73 Å². The fourth-order valence-electron chi connectivity index (χ4n) is 1.68. The van der Waals surface area contributed by atoms with Crippen LogP contribution in [0.4, 0.5) is 0 Å². The first-order valence-electron chi connectivity index (χ1n) is 6.28. The van der Waals surface area contributed by atoms with Gasteiger partial charge in [0.15, 0.2) is 5.69 Å². The van der Waals surface area contributed by atoms with Gasteiger partial charge in [-0.25, -0.2) is 4.68 Å². The number of unbranched alkanes of at least 4 members (excludes halogenated alkanes) is 1. The zero-order chi connectivity index (χ0) is 12.8. The molecule has 0 saturated carbocycles. The lowest BCUT2D eigenvalue weighted by Gasteiger charge is -2.08. The summed E-state index contributed by atoms with van der Waals surface area (Å²) in [4.78, 5) is 11.3. The predicted molar refractivity (Wildman–Crippen MR) is 66.6 cm³/mol. The lowest BCUT2D eigenvalue weighted by molar-refractivity contribution is 0.0994. The summed E-state index contributed by atoms with van der Waals surface area (Å²) < 4.78 is 1.83. The molecular formula is C12H22N4O. The standard InChI is InChI=1S/C12H22N4O/c1-4-5-8-16-10(7-6-9(2)3)11(12(13)17)14-15-16/h9H,4-8H2,1-3H3,(H2,13,17). The molecular weight excluding hydrogens is 216 g/mol. The van der Waals surface area contributed by atoms with Crippen molar-refractivity contribution in [2.75, 3.05) is 0 Å². The minimum absolute atomic E-state index is 0.335. The third-order valence-corrected chi connectivity index (χ3v) is 2.75. The summed E-state index contributed by atoms with van der Waals surface area (Å²) in [5.74, 6) is 0.108. The highest BCUT2D eigenvalue weighted by molar-refractivity contribution is 5.91. The van der Waals surface area contributed by atoms with Gasteiger partial charge >= 0.3 is 0 Å². The number of hydrogen-bond acceptors (Lipinski definition) is 3. The molecule has 1 aromatic rings. The summed E-state index contributed by atoms with van der Waals surface area (Å²) >= 11 is 0. The Morgan fingerprint density at radius 3 is 2.71 bits per heavy atom. The third kappa shape index (κ3) is 3.84. The van der Waals surface area contributed by atoms with Crippen LogP contribution in [-0.4, -0.2) is 20.9 Å².